The minimum absolute atomic E-state index is 0. The summed E-state index contributed by atoms with van der Waals surface area (Å²) in [6.45, 7) is 12.1. The smallest absolute Gasteiger partial charge is 0.243 e. The molecule has 0 spiro atoms. The van der Waals surface area contributed by atoms with Gasteiger partial charge in [0.2, 0.25) is 5.91 Å². The monoisotopic (exact) mass is 546 g/mol. The summed E-state index contributed by atoms with van der Waals surface area (Å²) in [5.74, 6) is 0.665. The number of amides is 1. The predicted octanol–water partition coefficient (Wildman–Crippen LogP) is 1.39. The minimum atomic E-state index is -0.0146. The first-order chi connectivity index (χ1) is 14.5. The first-order valence-corrected chi connectivity index (χ1v) is 10.8. The Labute approximate surface area is 204 Å². The second kappa shape index (κ2) is 15.3. The van der Waals surface area contributed by atoms with Gasteiger partial charge in [-0.25, -0.2) is 4.99 Å². The van der Waals surface area contributed by atoms with Gasteiger partial charge in [0.1, 0.15) is 6.54 Å². The molecule has 1 saturated heterocycles. The van der Waals surface area contributed by atoms with Gasteiger partial charge in [-0.3, -0.25) is 9.69 Å². The number of anilines is 1. The highest BCUT2D eigenvalue weighted by atomic mass is 127. The topological polar surface area (TPSA) is 72.4 Å². The quantitative estimate of drug-likeness (QED) is 0.263. The zero-order chi connectivity index (χ0) is 21.8. The molecule has 0 unspecified atom stereocenters. The number of nitrogens with one attached hydrogen (secondary N) is 2. The summed E-state index contributed by atoms with van der Waals surface area (Å²) < 4.78 is 5.40. The molecule has 1 aromatic rings. The van der Waals surface area contributed by atoms with E-state index < -0.39 is 0 Å². The first kappa shape index (κ1) is 27.4. The number of carbonyl (C=O) groups is 1. The molecule has 176 valence electrons. The van der Waals surface area contributed by atoms with E-state index >= 15 is 0 Å². The number of ether oxygens (including phenoxy) is 1. The molecule has 1 aromatic carbocycles. The normalized spacial score (nSPS) is 14.5. The molecule has 0 atom stereocenters. The van der Waals surface area contributed by atoms with E-state index in [4.69, 9.17) is 4.74 Å². The van der Waals surface area contributed by atoms with E-state index in [2.05, 4.69) is 63.5 Å². The van der Waals surface area contributed by atoms with Crippen LogP contribution < -0.4 is 15.5 Å². The average molecular weight is 546 g/mol. The van der Waals surface area contributed by atoms with E-state index in [0.717, 1.165) is 59.0 Å². The largest absolute Gasteiger partial charge is 0.379 e. The number of hydrogen-bond acceptors (Lipinski definition) is 5. The Morgan fingerprint density at radius 2 is 1.90 bits per heavy atom. The summed E-state index contributed by atoms with van der Waals surface area (Å²) >= 11 is 0. The van der Waals surface area contributed by atoms with Gasteiger partial charge in [-0.15, -0.1) is 24.0 Å². The Bertz CT molecular complexity index is 680. The molecule has 1 heterocycles. The molecular weight excluding hydrogens is 507 g/mol. The molecule has 9 heteroatoms. The van der Waals surface area contributed by atoms with E-state index in [1.54, 1.807) is 19.0 Å². The zero-order valence-corrected chi connectivity index (χ0v) is 21.7. The molecule has 1 amide bonds. The number of halogens is 1. The fraction of sp³-hybridized carbons (Fsp3) is 0.636. The predicted molar refractivity (Wildman–Crippen MR) is 139 cm³/mol. The van der Waals surface area contributed by atoms with Gasteiger partial charge in [0.05, 0.1) is 13.2 Å². The van der Waals surface area contributed by atoms with Crippen molar-refractivity contribution in [3.8, 4) is 0 Å². The van der Waals surface area contributed by atoms with Crippen LogP contribution in [0.2, 0.25) is 0 Å². The molecule has 0 saturated carbocycles. The minimum Gasteiger partial charge on any atom is -0.379 e. The van der Waals surface area contributed by atoms with E-state index in [9.17, 15) is 4.79 Å². The Balaban J connectivity index is 0.00000480. The van der Waals surface area contributed by atoms with E-state index in [-0.39, 0.29) is 36.4 Å². The van der Waals surface area contributed by atoms with Gasteiger partial charge in [-0.2, -0.15) is 0 Å². The lowest BCUT2D eigenvalue weighted by Crippen LogP contribution is -2.46. The van der Waals surface area contributed by atoms with Crippen LogP contribution in [-0.4, -0.2) is 101 Å². The highest BCUT2D eigenvalue weighted by Gasteiger charge is 2.11. The van der Waals surface area contributed by atoms with Gasteiger partial charge < -0.3 is 25.2 Å². The van der Waals surface area contributed by atoms with Crippen LogP contribution in [0.5, 0.6) is 0 Å². The molecule has 2 rings (SSSR count). The van der Waals surface area contributed by atoms with E-state index in [1.807, 2.05) is 0 Å². The molecule has 1 aliphatic rings. The van der Waals surface area contributed by atoms with Crippen molar-refractivity contribution in [1.82, 2.24) is 20.4 Å². The third-order valence-electron chi connectivity index (χ3n) is 5.12. The number of morpholine rings is 1. The van der Waals surface area contributed by atoms with Crippen molar-refractivity contribution in [3.05, 3.63) is 29.8 Å². The number of likely N-dealkylation sites (N-methyl/N-ethyl adjacent to an activating group) is 2. The van der Waals surface area contributed by atoms with Gasteiger partial charge in [-0.1, -0.05) is 12.1 Å². The van der Waals surface area contributed by atoms with E-state index in [0.29, 0.717) is 5.96 Å². The van der Waals surface area contributed by atoms with Crippen molar-refractivity contribution in [1.29, 1.82) is 0 Å². The summed E-state index contributed by atoms with van der Waals surface area (Å²) in [4.78, 5) is 22.7. The summed E-state index contributed by atoms with van der Waals surface area (Å²) in [7, 11) is 3.50. The third kappa shape index (κ3) is 10.5. The van der Waals surface area contributed by atoms with Crippen LogP contribution in [0, 0.1) is 6.92 Å². The summed E-state index contributed by atoms with van der Waals surface area (Å²) in [6, 6.07) is 8.55. The molecule has 0 radical (unpaired) electrons. The number of carbonyl (C=O) groups excluding carboxylic acids is 1. The van der Waals surface area contributed by atoms with Crippen molar-refractivity contribution >= 4 is 41.5 Å². The second-order valence-electron chi connectivity index (χ2n) is 7.68. The van der Waals surface area contributed by atoms with Crippen molar-refractivity contribution in [3.63, 3.8) is 0 Å². The number of benzene rings is 1. The number of nitrogens with zero attached hydrogens (tertiary/aromatic N) is 4. The number of aliphatic imine (C=N–C) groups is 1. The van der Waals surface area contributed by atoms with Crippen LogP contribution in [0.4, 0.5) is 5.69 Å². The lowest BCUT2D eigenvalue weighted by molar-refractivity contribution is -0.127. The Hall–Kier alpha value is -1.59. The van der Waals surface area contributed by atoms with Gasteiger partial charge in [0, 0.05) is 65.6 Å². The molecule has 31 heavy (non-hydrogen) atoms. The van der Waals surface area contributed by atoms with Crippen LogP contribution in [-0.2, 0) is 9.53 Å². The summed E-state index contributed by atoms with van der Waals surface area (Å²) in [6.07, 6.45) is 0. The highest BCUT2D eigenvalue weighted by Crippen LogP contribution is 2.14. The van der Waals surface area contributed by atoms with Gasteiger partial charge >= 0.3 is 0 Å². The second-order valence-corrected chi connectivity index (χ2v) is 7.68. The Morgan fingerprint density at radius 1 is 1.19 bits per heavy atom. The number of hydrogen-bond donors (Lipinski definition) is 2. The summed E-state index contributed by atoms with van der Waals surface area (Å²) in [5, 5.41) is 6.75. The Kier molecular flexibility index (Phi) is 13.5. The van der Waals surface area contributed by atoms with Gasteiger partial charge in [0.25, 0.3) is 0 Å². The first-order valence-electron chi connectivity index (χ1n) is 10.8. The van der Waals surface area contributed by atoms with Crippen molar-refractivity contribution in [2.75, 3.05) is 84.6 Å². The SMILES string of the molecule is CCN(CCNC(=NCC(=O)N(C)C)NCCN1CCOCC1)c1cccc(C)c1.I. The molecule has 2 N–H and O–H groups in total. The number of aryl methyl sites for hydroxylation is 1. The van der Waals surface area contributed by atoms with Crippen LogP contribution in [0.25, 0.3) is 0 Å². The van der Waals surface area contributed by atoms with Crippen molar-refractivity contribution in [2.24, 2.45) is 4.99 Å². The molecule has 0 aliphatic carbocycles. The molecule has 0 bridgehead atoms. The number of rotatable bonds is 10. The van der Waals surface area contributed by atoms with Crippen LogP contribution >= 0.6 is 24.0 Å². The van der Waals surface area contributed by atoms with Crippen LogP contribution in [0.1, 0.15) is 12.5 Å². The van der Waals surface area contributed by atoms with Crippen molar-refractivity contribution in [2.45, 2.75) is 13.8 Å². The number of guanidine groups is 1. The maximum atomic E-state index is 11.9. The fourth-order valence-corrected chi connectivity index (χ4v) is 3.22. The van der Waals surface area contributed by atoms with Crippen LogP contribution in [0.3, 0.4) is 0 Å². The molecule has 1 aliphatic heterocycles. The van der Waals surface area contributed by atoms with Crippen molar-refractivity contribution < 1.29 is 9.53 Å². The molecule has 8 nitrogen and oxygen atoms in total. The average Bonchev–Trinajstić information content (AvgIpc) is 2.75. The lowest BCUT2D eigenvalue weighted by Gasteiger charge is -2.27. The maximum absolute atomic E-state index is 11.9. The molecule has 1 fully saturated rings. The van der Waals surface area contributed by atoms with Gasteiger partial charge in [-0.05, 0) is 31.5 Å². The fourth-order valence-electron chi connectivity index (χ4n) is 3.22. The van der Waals surface area contributed by atoms with Crippen LogP contribution in [0.15, 0.2) is 29.3 Å². The van der Waals surface area contributed by atoms with Gasteiger partial charge in [0.15, 0.2) is 5.96 Å². The van der Waals surface area contributed by atoms with E-state index in [1.165, 1.54) is 11.3 Å². The third-order valence-corrected chi connectivity index (χ3v) is 5.12. The zero-order valence-electron chi connectivity index (χ0n) is 19.4. The summed E-state index contributed by atoms with van der Waals surface area (Å²) in [5.41, 5.74) is 2.48. The lowest BCUT2D eigenvalue weighted by atomic mass is 10.2. The highest BCUT2D eigenvalue weighted by molar-refractivity contribution is 14.0. The molecule has 0 aromatic heterocycles. The maximum Gasteiger partial charge on any atom is 0.243 e. The Morgan fingerprint density at radius 3 is 2.55 bits per heavy atom. The molecular formula is C22H39IN6O2. The standard InChI is InChI=1S/C22H38N6O2.HI/c1-5-28(20-8-6-7-19(2)17-20)12-10-24-22(25-18-21(29)26(3)4)23-9-11-27-13-15-30-16-14-27;/h6-8,17H,5,9-16,18H2,1-4H3,(H2,23,24,25);1H.